The highest BCUT2D eigenvalue weighted by Gasteiger charge is 2.29. The molecule has 0 aliphatic rings. The molecule has 1 aromatic carbocycles. The Balaban J connectivity index is 3.06. The number of carboxylic acids is 1. The first-order chi connectivity index (χ1) is 10.0. The molecule has 116 valence electrons. The van der Waals surface area contributed by atoms with Crippen LogP contribution in [0.3, 0.4) is 0 Å². The number of amides is 1. The summed E-state index contributed by atoms with van der Waals surface area (Å²) in [4.78, 5) is 27.1. The van der Waals surface area contributed by atoms with Gasteiger partial charge in [0, 0.05) is 6.54 Å². The zero-order chi connectivity index (χ0) is 15.8. The lowest BCUT2D eigenvalue weighted by molar-refractivity contribution is -0.147. The van der Waals surface area contributed by atoms with Gasteiger partial charge in [0.25, 0.3) is 0 Å². The summed E-state index contributed by atoms with van der Waals surface area (Å²) in [5.74, 6) is -1.14. The molecule has 1 unspecified atom stereocenters. The van der Waals surface area contributed by atoms with Gasteiger partial charge in [-0.05, 0) is 25.6 Å². The molecule has 1 atom stereocenters. The number of aliphatic carboxylic acids is 1. The fourth-order valence-electron chi connectivity index (χ4n) is 2.28. The number of benzene rings is 1. The van der Waals surface area contributed by atoms with Gasteiger partial charge in [-0.1, -0.05) is 44.2 Å². The van der Waals surface area contributed by atoms with Crippen LogP contribution in [0.4, 0.5) is 0 Å². The van der Waals surface area contributed by atoms with Gasteiger partial charge in [-0.15, -0.1) is 0 Å². The summed E-state index contributed by atoms with van der Waals surface area (Å²) >= 11 is 0. The molecule has 21 heavy (non-hydrogen) atoms. The van der Waals surface area contributed by atoms with Gasteiger partial charge < -0.3 is 10.0 Å². The van der Waals surface area contributed by atoms with Gasteiger partial charge in [-0.3, -0.25) is 14.5 Å². The van der Waals surface area contributed by atoms with Gasteiger partial charge in [-0.2, -0.15) is 0 Å². The summed E-state index contributed by atoms with van der Waals surface area (Å²) < 4.78 is 0. The van der Waals surface area contributed by atoms with Crippen LogP contribution in [0, 0.1) is 0 Å². The van der Waals surface area contributed by atoms with E-state index < -0.39 is 12.0 Å². The van der Waals surface area contributed by atoms with Crippen molar-refractivity contribution in [1.29, 1.82) is 0 Å². The zero-order valence-electron chi connectivity index (χ0n) is 13.0. The van der Waals surface area contributed by atoms with Crippen LogP contribution in [-0.4, -0.2) is 53.5 Å². The molecule has 0 fully saturated rings. The molecule has 0 aromatic heterocycles. The Bertz CT molecular complexity index is 462. The minimum Gasteiger partial charge on any atom is -0.480 e. The van der Waals surface area contributed by atoms with Crippen molar-refractivity contribution in [3.05, 3.63) is 35.9 Å². The van der Waals surface area contributed by atoms with E-state index in [2.05, 4.69) is 0 Å². The molecule has 1 aromatic rings. The van der Waals surface area contributed by atoms with Crippen molar-refractivity contribution in [2.45, 2.75) is 26.3 Å². The van der Waals surface area contributed by atoms with E-state index in [0.29, 0.717) is 13.1 Å². The van der Waals surface area contributed by atoms with E-state index in [-0.39, 0.29) is 12.5 Å². The van der Waals surface area contributed by atoms with Crippen LogP contribution in [0.25, 0.3) is 0 Å². The van der Waals surface area contributed by atoms with Crippen LogP contribution in [0.2, 0.25) is 0 Å². The lowest BCUT2D eigenvalue weighted by atomic mass is 10.0. The Morgan fingerprint density at radius 1 is 1.19 bits per heavy atom. The van der Waals surface area contributed by atoms with Gasteiger partial charge in [0.1, 0.15) is 12.6 Å². The number of hydrogen-bond acceptors (Lipinski definition) is 3. The molecule has 5 heteroatoms. The summed E-state index contributed by atoms with van der Waals surface area (Å²) in [6.45, 7) is 4.81. The van der Waals surface area contributed by atoms with Gasteiger partial charge in [-0.25, -0.2) is 0 Å². The Morgan fingerprint density at radius 2 is 1.81 bits per heavy atom. The lowest BCUT2D eigenvalue weighted by Crippen LogP contribution is -2.44. The normalized spacial score (nSPS) is 12.2. The molecule has 0 heterocycles. The Labute approximate surface area is 126 Å². The number of rotatable bonds is 8. The van der Waals surface area contributed by atoms with Crippen molar-refractivity contribution < 1.29 is 14.7 Å². The average molecular weight is 292 g/mol. The molecule has 1 rings (SSSR count). The van der Waals surface area contributed by atoms with E-state index in [0.717, 1.165) is 12.0 Å². The summed E-state index contributed by atoms with van der Waals surface area (Å²) in [6, 6.07) is 9.04. The van der Waals surface area contributed by atoms with E-state index in [9.17, 15) is 9.59 Å². The summed E-state index contributed by atoms with van der Waals surface area (Å²) in [6.07, 6.45) is 0.733. The standard InChI is InChI=1S/C16H24N2O3/c1-4-11-18(12-14(19)20)16(21)15(17(3)5-2)13-9-7-6-8-10-13/h6-10,15H,4-5,11-12H2,1-3H3,(H,19,20). The maximum Gasteiger partial charge on any atom is 0.323 e. The highest BCUT2D eigenvalue weighted by molar-refractivity contribution is 5.86. The fraction of sp³-hybridized carbons (Fsp3) is 0.500. The van der Waals surface area contributed by atoms with Gasteiger partial charge in [0.15, 0.2) is 0 Å². The van der Waals surface area contributed by atoms with Crippen molar-refractivity contribution in [3.63, 3.8) is 0 Å². The predicted molar refractivity (Wildman–Crippen MR) is 82.0 cm³/mol. The molecule has 0 saturated heterocycles. The fourth-order valence-corrected chi connectivity index (χ4v) is 2.28. The van der Waals surface area contributed by atoms with E-state index in [1.165, 1.54) is 4.90 Å². The minimum absolute atomic E-state index is 0.158. The number of nitrogens with zero attached hydrogens (tertiary/aromatic N) is 2. The summed E-state index contributed by atoms with van der Waals surface area (Å²) in [5, 5.41) is 9.00. The Morgan fingerprint density at radius 3 is 2.29 bits per heavy atom. The third kappa shape index (κ3) is 4.86. The van der Waals surface area contributed by atoms with Crippen LogP contribution in [-0.2, 0) is 9.59 Å². The average Bonchev–Trinajstić information content (AvgIpc) is 2.47. The second-order valence-electron chi connectivity index (χ2n) is 5.04. The van der Waals surface area contributed by atoms with Crippen molar-refractivity contribution in [2.24, 2.45) is 0 Å². The molecule has 0 aliphatic heterocycles. The second-order valence-corrected chi connectivity index (χ2v) is 5.04. The van der Waals surface area contributed by atoms with Crippen molar-refractivity contribution in [3.8, 4) is 0 Å². The molecular weight excluding hydrogens is 268 g/mol. The van der Waals surface area contributed by atoms with E-state index >= 15 is 0 Å². The largest absolute Gasteiger partial charge is 0.480 e. The van der Waals surface area contributed by atoms with Gasteiger partial charge in [0.05, 0.1) is 0 Å². The zero-order valence-corrected chi connectivity index (χ0v) is 13.0. The van der Waals surface area contributed by atoms with Crippen LogP contribution < -0.4 is 0 Å². The van der Waals surface area contributed by atoms with E-state index in [4.69, 9.17) is 5.11 Å². The molecule has 0 saturated carbocycles. The highest BCUT2D eigenvalue weighted by atomic mass is 16.4. The molecule has 0 bridgehead atoms. The van der Waals surface area contributed by atoms with Crippen LogP contribution in [0.15, 0.2) is 30.3 Å². The topological polar surface area (TPSA) is 60.9 Å². The number of carbonyl (C=O) groups excluding carboxylic acids is 1. The SMILES string of the molecule is CCCN(CC(=O)O)C(=O)C(c1ccccc1)N(C)CC. The molecule has 0 aliphatic carbocycles. The van der Waals surface area contributed by atoms with Gasteiger partial charge >= 0.3 is 5.97 Å². The molecule has 1 amide bonds. The van der Waals surface area contributed by atoms with Crippen molar-refractivity contribution >= 4 is 11.9 Å². The first kappa shape index (κ1) is 17.2. The third-order valence-electron chi connectivity index (χ3n) is 3.42. The van der Waals surface area contributed by atoms with E-state index in [1.54, 1.807) is 0 Å². The first-order valence-corrected chi connectivity index (χ1v) is 7.27. The Hall–Kier alpha value is -1.88. The third-order valence-corrected chi connectivity index (χ3v) is 3.42. The molecule has 1 N–H and O–H groups in total. The van der Waals surface area contributed by atoms with Crippen LogP contribution in [0.5, 0.6) is 0 Å². The monoisotopic (exact) mass is 292 g/mol. The van der Waals surface area contributed by atoms with Crippen LogP contribution >= 0.6 is 0 Å². The van der Waals surface area contributed by atoms with E-state index in [1.807, 2.05) is 56.1 Å². The number of likely N-dealkylation sites (N-methyl/N-ethyl adjacent to an activating group) is 1. The van der Waals surface area contributed by atoms with Crippen LogP contribution in [0.1, 0.15) is 31.9 Å². The minimum atomic E-state index is -0.984. The quantitative estimate of drug-likeness (QED) is 0.796. The molecule has 0 spiro atoms. The number of hydrogen-bond donors (Lipinski definition) is 1. The number of carbonyl (C=O) groups is 2. The second kappa shape index (κ2) is 8.42. The van der Waals surface area contributed by atoms with Crippen molar-refractivity contribution in [1.82, 2.24) is 9.80 Å². The lowest BCUT2D eigenvalue weighted by Gasteiger charge is -2.31. The van der Waals surface area contributed by atoms with Gasteiger partial charge in [0.2, 0.25) is 5.91 Å². The summed E-state index contributed by atoms with van der Waals surface area (Å²) in [7, 11) is 1.88. The molecule has 0 radical (unpaired) electrons. The maximum atomic E-state index is 12.8. The molecular formula is C16H24N2O3. The predicted octanol–water partition coefficient (Wildman–Crippen LogP) is 2.00. The molecule has 5 nitrogen and oxygen atoms in total. The summed E-state index contributed by atoms with van der Waals surface area (Å²) in [5.41, 5.74) is 0.887. The van der Waals surface area contributed by atoms with Crippen molar-refractivity contribution in [2.75, 3.05) is 26.7 Å². The smallest absolute Gasteiger partial charge is 0.323 e. The maximum absolute atomic E-state index is 12.8. The number of carboxylic acid groups (broad SMARTS) is 1. The first-order valence-electron chi connectivity index (χ1n) is 7.27. The Kier molecular flexibility index (Phi) is 6.88. The highest BCUT2D eigenvalue weighted by Crippen LogP contribution is 2.22.